The molecule has 1 atom stereocenters. The molecule has 0 radical (unpaired) electrons. The van der Waals surface area contributed by atoms with E-state index in [-0.39, 0.29) is 11.8 Å². The van der Waals surface area contributed by atoms with Gasteiger partial charge in [0.15, 0.2) is 5.70 Å². The largest absolute Gasteiger partial charge is 0.460 e. The number of hydrogen-bond donors (Lipinski definition) is 0. The van der Waals surface area contributed by atoms with E-state index in [1.54, 1.807) is 6.08 Å². The van der Waals surface area contributed by atoms with E-state index in [4.69, 9.17) is 9.47 Å². The first kappa shape index (κ1) is 19.8. The fourth-order valence-corrected chi connectivity index (χ4v) is 2.45. The fraction of sp³-hybridized carbons (Fsp3) is 0.455. The fourth-order valence-electron chi connectivity index (χ4n) is 2.45. The van der Waals surface area contributed by atoms with Crippen molar-refractivity contribution in [3.8, 4) is 11.8 Å². The van der Waals surface area contributed by atoms with Gasteiger partial charge in [-0.2, -0.15) is 0 Å². The van der Waals surface area contributed by atoms with Crippen LogP contribution in [0, 0.1) is 11.8 Å². The number of rotatable bonds is 9. The zero-order chi connectivity index (χ0) is 18.6. The van der Waals surface area contributed by atoms with Gasteiger partial charge in [0.2, 0.25) is 0 Å². The average molecular weight is 351 g/mol. The molecule has 0 spiro atoms. The first-order chi connectivity index (χ1) is 12.7. The number of hydrogen-bond acceptors (Lipinski definition) is 4. The van der Waals surface area contributed by atoms with Crippen LogP contribution >= 0.6 is 0 Å². The van der Waals surface area contributed by atoms with Crippen molar-refractivity contribution in [1.29, 1.82) is 0 Å². The van der Waals surface area contributed by atoms with Crippen LogP contribution in [0.4, 0.5) is 0 Å². The lowest BCUT2D eigenvalue weighted by Crippen LogP contribution is -2.11. The van der Waals surface area contributed by atoms with Gasteiger partial charge in [0.1, 0.15) is 6.10 Å². The number of nitrogens with zero attached hydrogens (tertiary/aromatic N) is 1. The molecule has 0 aromatic carbocycles. The Bertz CT molecular complexity index is 761. The Labute approximate surface area is 155 Å². The number of allylic oxidation sites excluding steroid dienone is 4. The number of unbranched alkanes of at least 4 members (excludes halogenated alkanes) is 3. The van der Waals surface area contributed by atoms with Crippen molar-refractivity contribution in [1.82, 2.24) is 0 Å². The molecule has 0 saturated heterocycles. The number of esters is 1. The molecular formula is C22H25NO3. The van der Waals surface area contributed by atoms with Crippen LogP contribution in [-0.4, -0.2) is 31.0 Å². The van der Waals surface area contributed by atoms with E-state index in [1.807, 2.05) is 25.2 Å². The molecule has 2 rings (SSSR count). The maximum atomic E-state index is 12.2. The van der Waals surface area contributed by atoms with Crippen LogP contribution in [0.2, 0.25) is 0 Å². The molecule has 0 aromatic heterocycles. The summed E-state index contributed by atoms with van der Waals surface area (Å²) in [6.07, 6.45) is 12.1. The lowest BCUT2D eigenvalue weighted by molar-refractivity contribution is -0.139. The van der Waals surface area contributed by atoms with Gasteiger partial charge in [-0.05, 0) is 30.7 Å². The van der Waals surface area contributed by atoms with Crippen LogP contribution in [0.25, 0.3) is 0 Å². The molecule has 0 bridgehead atoms. The summed E-state index contributed by atoms with van der Waals surface area (Å²) in [5, 5.41) is 0. The zero-order valence-electron chi connectivity index (χ0n) is 15.5. The van der Waals surface area contributed by atoms with E-state index in [9.17, 15) is 4.79 Å². The predicted octanol–water partition coefficient (Wildman–Crippen LogP) is 4.05. The Hall–Kier alpha value is -2.56. The minimum absolute atomic E-state index is 0.154. The molecule has 1 heterocycles. The molecule has 136 valence electrons. The van der Waals surface area contributed by atoms with Crippen molar-refractivity contribution in [2.75, 3.05) is 13.2 Å². The molecule has 0 saturated carbocycles. The van der Waals surface area contributed by atoms with Gasteiger partial charge in [-0.15, -0.1) is 0 Å². The molecule has 1 aliphatic carbocycles. The van der Waals surface area contributed by atoms with E-state index >= 15 is 0 Å². The second kappa shape index (κ2) is 11.1. The van der Waals surface area contributed by atoms with Crippen molar-refractivity contribution in [3.05, 3.63) is 47.0 Å². The molecule has 0 amide bonds. The minimum atomic E-state index is -0.456. The van der Waals surface area contributed by atoms with Crippen LogP contribution in [0.3, 0.4) is 0 Å². The summed E-state index contributed by atoms with van der Waals surface area (Å²) in [5.74, 6) is 5.66. The van der Waals surface area contributed by atoms with Crippen LogP contribution < -0.4 is 0 Å². The molecule has 4 heteroatoms. The lowest BCUT2D eigenvalue weighted by Gasteiger charge is -2.10. The molecule has 1 unspecified atom stereocenters. The van der Waals surface area contributed by atoms with E-state index in [0.29, 0.717) is 25.3 Å². The summed E-state index contributed by atoms with van der Waals surface area (Å²) < 4.78 is 10.8. The minimum Gasteiger partial charge on any atom is -0.460 e. The third-order valence-electron chi connectivity index (χ3n) is 3.82. The lowest BCUT2D eigenvalue weighted by atomic mass is 10.0. The van der Waals surface area contributed by atoms with E-state index in [0.717, 1.165) is 31.3 Å². The Morgan fingerprint density at radius 2 is 2.19 bits per heavy atom. The standard InChI is InChI=1S/C22H25NO3/c1-3-5-6-9-17-26-22(24)21-14-10-13-20(23-21)18-11-7-8-12-19(16-15-18)25-4-2/h11,13,15-16,19H,3-7,9,17H2,1-2H3/b16-15-,18-11+. The first-order valence-corrected chi connectivity index (χ1v) is 9.20. The van der Waals surface area contributed by atoms with Gasteiger partial charge in [-0.3, -0.25) is 0 Å². The quantitative estimate of drug-likeness (QED) is 0.272. The average Bonchev–Trinajstić information content (AvgIpc) is 2.64. The van der Waals surface area contributed by atoms with Gasteiger partial charge in [0.05, 0.1) is 12.3 Å². The molecular weight excluding hydrogens is 326 g/mol. The van der Waals surface area contributed by atoms with Crippen LogP contribution in [0.1, 0.15) is 46.0 Å². The van der Waals surface area contributed by atoms with Gasteiger partial charge in [-0.1, -0.05) is 55.9 Å². The summed E-state index contributed by atoms with van der Waals surface area (Å²) >= 11 is 0. The third kappa shape index (κ3) is 6.39. The highest BCUT2D eigenvalue weighted by molar-refractivity contribution is 6.12. The predicted molar refractivity (Wildman–Crippen MR) is 103 cm³/mol. The monoisotopic (exact) mass is 351 g/mol. The van der Waals surface area contributed by atoms with E-state index in [2.05, 4.69) is 35.2 Å². The number of aliphatic imine (C=N–C) groups is 1. The van der Waals surface area contributed by atoms with E-state index in [1.165, 1.54) is 0 Å². The molecule has 2 aliphatic rings. The van der Waals surface area contributed by atoms with Crippen molar-refractivity contribution in [3.63, 3.8) is 0 Å². The van der Waals surface area contributed by atoms with Gasteiger partial charge in [-0.25, -0.2) is 9.79 Å². The second-order valence-corrected chi connectivity index (χ2v) is 5.88. The maximum Gasteiger partial charge on any atom is 0.365 e. The normalized spacial score (nSPS) is 21.3. The first-order valence-electron chi connectivity index (χ1n) is 9.20. The smallest absolute Gasteiger partial charge is 0.365 e. The Morgan fingerprint density at radius 3 is 3.00 bits per heavy atom. The maximum absolute atomic E-state index is 12.2. The number of ether oxygens (including phenoxy) is 2. The molecule has 0 aromatic rings. The number of carbonyl (C=O) groups excluding carboxylic acids is 1. The topological polar surface area (TPSA) is 47.9 Å². The van der Waals surface area contributed by atoms with Crippen molar-refractivity contribution >= 4 is 11.7 Å². The van der Waals surface area contributed by atoms with Crippen molar-refractivity contribution in [2.45, 2.75) is 52.1 Å². The summed E-state index contributed by atoms with van der Waals surface area (Å²) in [5.41, 5.74) is 7.29. The van der Waals surface area contributed by atoms with Crippen LogP contribution in [0.5, 0.6) is 0 Å². The van der Waals surface area contributed by atoms with Crippen LogP contribution in [-0.2, 0) is 14.3 Å². The van der Waals surface area contributed by atoms with Gasteiger partial charge >= 0.3 is 5.97 Å². The van der Waals surface area contributed by atoms with Crippen LogP contribution in [0.15, 0.2) is 52.0 Å². The molecule has 0 N–H and O–H groups in total. The van der Waals surface area contributed by atoms with Crippen molar-refractivity contribution < 1.29 is 14.3 Å². The SMILES string of the molecule is CCCCCCOC(=O)C1=C=C=CC(C2=C/CC#CC(OCC)/C=C\2)=N1. The summed E-state index contributed by atoms with van der Waals surface area (Å²) in [6, 6.07) is 0. The molecule has 26 heavy (non-hydrogen) atoms. The van der Waals surface area contributed by atoms with E-state index < -0.39 is 5.97 Å². The summed E-state index contributed by atoms with van der Waals surface area (Å²) in [4.78, 5) is 16.5. The molecule has 4 nitrogen and oxygen atoms in total. The Kier molecular flexibility index (Phi) is 8.46. The third-order valence-corrected chi connectivity index (χ3v) is 3.82. The zero-order valence-corrected chi connectivity index (χ0v) is 15.5. The highest BCUT2D eigenvalue weighted by Crippen LogP contribution is 2.13. The summed E-state index contributed by atoms with van der Waals surface area (Å²) in [6.45, 7) is 5.10. The van der Waals surface area contributed by atoms with Gasteiger partial charge in [0.25, 0.3) is 0 Å². The highest BCUT2D eigenvalue weighted by Gasteiger charge is 2.14. The summed E-state index contributed by atoms with van der Waals surface area (Å²) in [7, 11) is 0. The molecule has 1 aliphatic heterocycles. The highest BCUT2D eigenvalue weighted by atomic mass is 16.5. The Morgan fingerprint density at radius 1 is 1.31 bits per heavy atom. The second-order valence-electron chi connectivity index (χ2n) is 5.88. The van der Waals surface area contributed by atoms with Gasteiger partial charge in [0, 0.05) is 19.1 Å². The molecule has 0 fully saturated rings. The van der Waals surface area contributed by atoms with Crippen molar-refractivity contribution in [2.24, 2.45) is 4.99 Å². The Balaban J connectivity index is 2.00. The van der Waals surface area contributed by atoms with Gasteiger partial charge < -0.3 is 9.47 Å². The number of carbonyl (C=O) groups is 1.